The van der Waals surface area contributed by atoms with Crippen molar-refractivity contribution in [3.63, 3.8) is 0 Å². The summed E-state index contributed by atoms with van der Waals surface area (Å²) < 4.78 is 27.2. The molecule has 2 aromatic carbocycles. The monoisotopic (exact) mass is 348 g/mol. The third-order valence-electron chi connectivity index (χ3n) is 3.68. The van der Waals surface area contributed by atoms with Crippen molar-refractivity contribution in [1.29, 1.82) is 0 Å². The first kappa shape index (κ1) is 18.6. The van der Waals surface area contributed by atoms with Crippen LogP contribution in [0.4, 0.5) is 0 Å². The number of aliphatic hydroxyl groups excluding tert-OH is 1. The molecule has 130 valence electrons. The van der Waals surface area contributed by atoms with E-state index in [9.17, 15) is 13.5 Å². The zero-order chi connectivity index (χ0) is 17.6. The molecule has 1 atom stereocenters. The van der Waals surface area contributed by atoms with Gasteiger partial charge in [0.05, 0.1) is 17.5 Å². The van der Waals surface area contributed by atoms with Gasteiger partial charge in [-0.1, -0.05) is 47.5 Å². The molecule has 0 aliphatic rings. The smallest absolute Gasteiger partial charge is 0.240 e. The molecule has 3 N–H and O–H groups in total. The van der Waals surface area contributed by atoms with E-state index in [-0.39, 0.29) is 11.5 Å². The van der Waals surface area contributed by atoms with E-state index >= 15 is 0 Å². The van der Waals surface area contributed by atoms with E-state index < -0.39 is 16.1 Å². The summed E-state index contributed by atoms with van der Waals surface area (Å²) in [7, 11) is -3.64. The fourth-order valence-electron chi connectivity index (χ4n) is 2.36. The summed E-state index contributed by atoms with van der Waals surface area (Å²) in [6.07, 6.45) is 0. The first-order chi connectivity index (χ1) is 11.4. The molecule has 24 heavy (non-hydrogen) atoms. The van der Waals surface area contributed by atoms with E-state index in [0.29, 0.717) is 13.1 Å². The van der Waals surface area contributed by atoms with Gasteiger partial charge in [0.1, 0.15) is 0 Å². The van der Waals surface area contributed by atoms with Crippen molar-refractivity contribution < 1.29 is 13.5 Å². The Morgan fingerprint density at radius 3 is 2.38 bits per heavy atom. The Bertz CT molecular complexity index is 758. The van der Waals surface area contributed by atoms with Gasteiger partial charge < -0.3 is 10.4 Å². The van der Waals surface area contributed by atoms with Crippen LogP contribution in [0, 0.1) is 13.8 Å². The molecule has 0 spiro atoms. The molecule has 0 aromatic heterocycles. The minimum absolute atomic E-state index is 0.199. The number of nitrogens with one attached hydrogen (secondary N) is 2. The zero-order valence-corrected chi connectivity index (χ0v) is 14.8. The number of rotatable bonds is 8. The Morgan fingerprint density at radius 1 is 1.04 bits per heavy atom. The van der Waals surface area contributed by atoms with E-state index in [4.69, 9.17) is 0 Å². The average Bonchev–Trinajstić information content (AvgIpc) is 2.54. The van der Waals surface area contributed by atoms with Crippen LogP contribution in [0.1, 0.15) is 16.7 Å². The van der Waals surface area contributed by atoms with Crippen LogP contribution in [-0.2, 0) is 16.6 Å². The fraction of sp³-hybridized carbons (Fsp3) is 0.333. The highest BCUT2D eigenvalue weighted by molar-refractivity contribution is 7.89. The molecular formula is C18H24N2O3S. The molecule has 0 heterocycles. The van der Waals surface area contributed by atoms with Gasteiger partial charge in [-0.15, -0.1) is 0 Å². The Balaban J connectivity index is 1.92. The Hall–Kier alpha value is -1.73. The highest BCUT2D eigenvalue weighted by Crippen LogP contribution is 2.10. The molecule has 2 rings (SSSR count). The summed E-state index contributed by atoms with van der Waals surface area (Å²) in [6.45, 7) is 4.61. The third-order valence-corrected chi connectivity index (χ3v) is 5.21. The average molecular weight is 348 g/mol. The van der Waals surface area contributed by atoms with Crippen LogP contribution in [0.15, 0.2) is 53.4 Å². The molecule has 0 aliphatic carbocycles. The number of aliphatic hydroxyl groups is 1. The molecule has 0 fully saturated rings. The predicted octanol–water partition coefficient (Wildman–Crippen LogP) is 1.73. The number of hydrogen-bond donors (Lipinski definition) is 3. The SMILES string of the molecule is Cc1ccc(S(=O)(=O)N[C@H](CO)CNCc2cccc(C)c2)cc1. The fourth-order valence-corrected chi connectivity index (χ4v) is 3.59. The van der Waals surface area contributed by atoms with Crippen LogP contribution in [-0.4, -0.2) is 32.7 Å². The largest absolute Gasteiger partial charge is 0.395 e. The van der Waals surface area contributed by atoms with Crippen LogP contribution in [0.5, 0.6) is 0 Å². The summed E-state index contributed by atoms with van der Waals surface area (Å²) in [5.41, 5.74) is 3.29. The van der Waals surface area contributed by atoms with E-state index in [1.54, 1.807) is 24.3 Å². The van der Waals surface area contributed by atoms with Crippen molar-refractivity contribution >= 4 is 10.0 Å². The van der Waals surface area contributed by atoms with E-state index in [2.05, 4.69) is 16.1 Å². The highest BCUT2D eigenvalue weighted by Gasteiger charge is 2.19. The zero-order valence-electron chi connectivity index (χ0n) is 14.0. The van der Waals surface area contributed by atoms with Gasteiger partial charge in [-0.2, -0.15) is 0 Å². The first-order valence-corrected chi connectivity index (χ1v) is 9.35. The topological polar surface area (TPSA) is 78.4 Å². The van der Waals surface area contributed by atoms with Crippen molar-refractivity contribution in [2.24, 2.45) is 0 Å². The molecule has 0 saturated carbocycles. The van der Waals surface area contributed by atoms with Crippen molar-refractivity contribution in [1.82, 2.24) is 10.0 Å². The second-order valence-corrected chi connectivity index (χ2v) is 7.65. The van der Waals surface area contributed by atoms with Crippen LogP contribution in [0.2, 0.25) is 0 Å². The molecule has 2 aromatic rings. The maximum absolute atomic E-state index is 12.3. The standard InChI is InChI=1S/C18H24N2O3S/c1-14-6-8-18(9-7-14)24(22,23)20-17(13-21)12-19-11-16-5-3-4-15(2)10-16/h3-10,17,19-21H,11-13H2,1-2H3/t17-/m0/s1. The maximum atomic E-state index is 12.3. The van der Waals surface area contributed by atoms with Gasteiger partial charge in [0.2, 0.25) is 10.0 Å². The molecule has 0 amide bonds. The number of sulfonamides is 1. The van der Waals surface area contributed by atoms with Gasteiger partial charge in [0.15, 0.2) is 0 Å². The van der Waals surface area contributed by atoms with E-state index in [1.807, 2.05) is 32.0 Å². The van der Waals surface area contributed by atoms with Crippen LogP contribution < -0.4 is 10.0 Å². The molecule has 0 bridgehead atoms. The highest BCUT2D eigenvalue weighted by atomic mass is 32.2. The van der Waals surface area contributed by atoms with Crippen molar-refractivity contribution in [2.45, 2.75) is 31.3 Å². The Kier molecular flexibility index (Phi) is 6.51. The van der Waals surface area contributed by atoms with Gasteiger partial charge in [0.25, 0.3) is 0 Å². The first-order valence-electron chi connectivity index (χ1n) is 7.87. The summed E-state index contributed by atoms with van der Waals surface area (Å²) in [5.74, 6) is 0. The van der Waals surface area contributed by atoms with Crippen molar-refractivity contribution in [3.05, 3.63) is 65.2 Å². The molecule has 0 radical (unpaired) electrons. The molecular weight excluding hydrogens is 324 g/mol. The molecule has 0 unspecified atom stereocenters. The lowest BCUT2D eigenvalue weighted by Crippen LogP contribution is -2.44. The summed E-state index contributed by atoms with van der Waals surface area (Å²) in [6, 6.07) is 14.1. The lowest BCUT2D eigenvalue weighted by molar-refractivity contribution is 0.253. The normalized spacial score (nSPS) is 13.0. The van der Waals surface area contributed by atoms with E-state index in [0.717, 1.165) is 11.1 Å². The van der Waals surface area contributed by atoms with Gasteiger partial charge in [0, 0.05) is 13.1 Å². The van der Waals surface area contributed by atoms with Crippen LogP contribution >= 0.6 is 0 Å². The minimum atomic E-state index is -3.64. The number of aryl methyl sites for hydroxylation is 2. The van der Waals surface area contributed by atoms with Crippen LogP contribution in [0.25, 0.3) is 0 Å². The third kappa shape index (κ3) is 5.42. The van der Waals surface area contributed by atoms with Crippen LogP contribution in [0.3, 0.4) is 0 Å². The summed E-state index contributed by atoms with van der Waals surface area (Å²) >= 11 is 0. The summed E-state index contributed by atoms with van der Waals surface area (Å²) in [5, 5.41) is 12.6. The quantitative estimate of drug-likeness (QED) is 0.679. The molecule has 5 nitrogen and oxygen atoms in total. The second kappa shape index (κ2) is 8.39. The lowest BCUT2D eigenvalue weighted by Gasteiger charge is -2.17. The van der Waals surface area contributed by atoms with E-state index in [1.165, 1.54) is 5.56 Å². The molecule has 6 heteroatoms. The second-order valence-electron chi connectivity index (χ2n) is 5.93. The van der Waals surface area contributed by atoms with Gasteiger partial charge in [-0.3, -0.25) is 0 Å². The van der Waals surface area contributed by atoms with Gasteiger partial charge in [-0.25, -0.2) is 13.1 Å². The van der Waals surface area contributed by atoms with Gasteiger partial charge in [-0.05, 0) is 31.5 Å². The predicted molar refractivity (Wildman–Crippen MR) is 95.3 cm³/mol. The van der Waals surface area contributed by atoms with Crippen molar-refractivity contribution in [2.75, 3.05) is 13.2 Å². The minimum Gasteiger partial charge on any atom is -0.395 e. The summed E-state index contributed by atoms with van der Waals surface area (Å²) in [4.78, 5) is 0.199. The number of hydrogen-bond acceptors (Lipinski definition) is 4. The number of benzene rings is 2. The Labute approximate surface area is 143 Å². The molecule has 0 saturated heterocycles. The Morgan fingerprint density at radius 2 is 1.75 bits per heavy atom. The van der Waals surface area contributed by atoms with Gasteiger partial charge >= 0.3 is 0 Å². The lowest BCUT2D eigenvalue weighted by atomic mass is 10.1. The van der Waals surface area contributed by atoms with Crippen molar-refractivity contribution in [3.8, 4) is 0 Å². The maximum Gasteiger partial charge on any atom is 0.240 e. The molecule has 0 aliphatic heterocycles.